The van der Waals surface area contributed by atoms with Crippen LogP contribution in [0.1, 0.15) is 5.76 Å². The Hall–Kier alpha value is -2.10. The Kier molecular flexibility index (Phi) is 2.27. The van der Waals surface area contributed by atoms with Gasteiger partial charge in [-0.3, -0.25) is 0 Å². The summed E-state index contributed by atoms with van der Waals surface area (Å²) < 4.78 is 5.08. The molecule has 0 aliphatic carbocycles. The quantitative estimate of drug-likeness (QED) is 0.731. The molecular formula is C10H9N3O. The van der Waals surface area contributed by atoms with Gasteiger partial charge in [-0.25, -0.2) is 9.98 Å². The minimum absolute atomic E-state index is 0.457. The van der Waals surface area contributed by atoms with Crippen LogP contribution < -0.4 is 5.73 Å². The van der Waals surface area contributed by atoms with Crippen LogP contribution in [0.3, 0.4) is 0 Å². The summed E-state index contributed by atoms with van der Waals surface area (Å²) in [4.78, 5) is 8.11. The molecule has 0 fully saturated rings. The van der Waals surface area contributed by atoms with Gasteiger partial charge in [0.15, 0.2) is 5.82 Å². The molecule has 0 aliphatic rings. The standard InChI is InChI=1S/C10H9N3O/c11-9-4-1-5-10(13-9)12-7-8-3-2-6-14-8/h1-7H,(H2,11,13)/b12-7+. The lowest BCUT2D eigenvalue weighted by Crippen LogP contribution is -1.87. The second kappa shape index (κ2) is 3.74. The van der Waals surface area contributed by atoms with Crippen LogP contribution in [0.25, 0.3) is 0 Å². The van der Waals surface area contributed by atoms with Gasteiger partial charge in [0.05, 0.1) is 12.5 Å². The van der Waals surface area contributed by atoms with E-state index in [1.54, 1.807) is 36.7 Å². The minimum atomic E-state index is 0.457. The smallest absolute Gasteiger partial charge is 0.154 e. The summed E-state index contributed by atoms with van der Waals surface area (Å²) in [5.41, 5.74) is 5.50. The van der Waals surface area contributed by atoms with Gasteiger partial charge in [-0.15, -0.1) is 0 Å². The minimum Gasteiger partial charge on any atom is -0.463 e. The van der Waals surface area contributed by atoms with Crippen molar-refractivity contribution in [2.24, 2.45) is 4.99 Å². The summed E-state index contributed by atoms with van der Waals surface area (Å²) in [5.74, 6) is 1.72. The fourth-order valence-corrected chi connectivity index (χ4v) is 1.01. The molecule has 2 aromatic heterocycles. The second-order valence-corrected chi connectivity index (χ2v) is 2.69. The lowest BCUT2D eigenvalue weighted by molar-refractivity contribution is 0.560. The van der Waals surface area contributed by atoms with E-state index in [9.17, 15) is 0 Å². The van der Waals surface area contributed by atoms with Crippen LogP contribution in [-0.2, 0) is 0 Å². The summed E-state index contributed by atoms with van der Waals surface area (Å²) in [6.45, 7) is 0. The number of hydrogen-bond acceptors (Lipinski definition) is 4. The highest BCUT2D eigenvalue weighted by Gasteiger charge is 1.92. The van der Waals surface area contributed by atoms with E-state index < -0.39 is 0 Å². The van der Waals surface area contributed by atoms with Gasteiger partial charge in [0.25, 0.3) is 0 Å². The molecule has 0 atom stereocenters. The maximum absolute atomic E-state index is 5.50. The third-order valence-electron chi connectivity index (χ3n) is 1.62. The van der Waals surface area contributed by atoms with Gasteiger partial charge in [-0.05, 0) is 24.3 Å². The third kappa shape index (κ3) is 1.98. The Morgan fingerprint density at radius 3 is 2.93 bits per heavy atom. The number of hydrogen-bond donors (Lipinski definition) is 1. The van der Waals surface area contributed by atoms with Crippen molar-refractivity contribution >= 4 is 17.9 Å². The second-order valence-electron chi connectivity index (χ2n) is 2.69. The molecule has 0 bridgehead atoms. The first-order valence-corrected chi connectivity index (χ1v) is 4.15. The van der Waals surface area contributed by atoms with Crippen molar-refractivity contribution in [1.29, 1.82) is 0 Å². The van der Waals surface area contributed by atoms with Gasteiger partial charge in [-0.1, -0.05) is 6.07 Å². The van der Waals surface area contributed by atoms with Gasteiger partial charge in [-0.2, -0.15) is 0 Å². The number of nitrogens with two attached hydrogens (primary N) is 1. The Balaban J connectivity index is 2.18. The Bertz CT molecular complexity index is 434. The number of furan rings is 1. The number of nitrogens with zero attached hydrogens (tertiary/aromatic N) is 2. The molecule has 4 nitrogen and oxygen atoms in total. The molecule has 0 aromatic carbocycles. The van der Waals surface area contributed by atoms with E-state index in [-0.39, 0.29) is 0 Å². The van der Waals surface area contributed by atoms with Crippen LogP contribution in [0, 0.1) is 0 Å². The van der Waals surface area contributed by atoms with Crippen LogP contribution in [0.4, 0.5) is 11.6 Å². The van der Waals surface area contributed by atoms with Crippen LogP contribution in [0.2, 0.25) is 0 Å². The molecule has 0 amide bonds. The first-order valence-electron chi connectivity index (χ1n) is 4.15. The number of aromatic nitrogens is 1. The summed E-state index contributed by atoms with van der Waals surface area (Å²) >= 11 is 0. The van der Waals surface area contributed by atoms with Gasteiger partial charge < -0.3 is 10.2 Å². The molecule has 0 saturated carbocycles. The third-order valence-corrected chi connectivity index (χ3v) is 1.62. The molecule has 0 unspecified atom stereocenters. The predicted molar refractivity (Wildman–Crippen MR) is 54.6 cm³/mol. The fourth-order valence-electron chi connectivity index (χ4n) is 1.01. The van der Waals surface area contributed by atoms with Crippen molar-refractivity contribution in [3.8, 4) is 0 Å². The van der Waals surface area contributed by atoms with E-state index in [0.29, 0.717) is 17.4 Å². The maximum Gasteiger partial charge on any atom is 0.154 e. The predicted octanol–water partition coefficient (Wildman–Crippen LogP) is 2.01. The van der Waals surface area contributed by atoms with Gasteiger partial charge in [0, 0.05) is 0 Å². The molecule has 2 rings (SSSR count). The topological polar surface area (TPSA) is 64.4 Å². The Labute approximate surface area is 81.1 Å². The Morgan fingerprint density at radius 2 is 2.21 bits per heavy atom. The number of rotatable bonds is 2. The molecule has 2 aromatic rings. The van der Waals surface area contributed by atoms with E-state index in [0.717, 1.165) is 0 Å². The van der Waals surface area contributed by atoms with Crippen LogP contribution in [0.15, 0.2) is 46.0 Å². The molecular weight excluding hydrogens is 178 g/mol. The molecule has 0 spiro atoms. The van der Waals surface area contributed by atoms with Crippen molar-refractivity contribution in [2.45, 2.75) is 0 Å². The molecule has 2 N–H and O–H groups in total. The molecule has 0 radical (unpaired) electrons. The van der Waals surface area contributed by atoms with E-state index >= 15 is 0 Å². The van der Waals surface area contributed by atoms with Crippen molar-refractivity contribution < 1.29 is 4.42 Å². The number of anilines is 1. The molecule has 2 heterocycles. The number of aliphatic imine (C=N–C) groups is 1. The molecule has 70 valence electrons. The monoisotopic (exact) mass is 187 g/mol. The number of pyridine rings is 1. The normalized spacial score (nSPS) is 10.9. The summed E-state index contributed by atoms with van der Waals surface area (Å²) in [5, 5.41) is 0. The van der Waals surface area contributed by atoms with Crippen LogP contribution >= 0.6 is 0 Å². The van der Waals surface area contributed by atoms with E-state index in [2.05, 4.69) is 9.98 Å². The van der Waals surface area contributed by atoms with Crippen LogP contribution in [0.5, 0.6) is 0 Å². The lowest BCUT2D eigenvalue weighted by Gasteiger charge is -1.93. The highest BCUT2D eigenvalue weighted by molar-refractivity contribution is 5.77. The van der Waals surface area contributed by atoms with Gasteiger partial charge in [0.2, 0.25) is 0 Å². The van der Waals surface area contributed by atoms with E-state index in [4.69, 9.17) is 10.2 Å². The lowest BCUT2D eigenvalue weighted by atomic mass is 10.4. The number of nitrogen functional groups attached to an aromatic ring is 1. The first kappa shape index (κ1) is 8.50. The highest BCUT2D eigenvalue weighted by Crippen LogP contribution is 2.09. The SMILES string of the molecule is Nc1cccc(/N=C/c2ccco2)n1. The summed E-state index contributed by atoms with van der Waals surface area (Å²) in [6, 6.07) is 8.91. The molecule has 4 heteroatoms. The fraction of sp³-hybridized carbons (Fsp3) is 0. The van der Waals surface area contributed by atoms with Crippen molar-refractivity contribution in [3.05, 3.63) is 42.4 Å². The van der Waals surface area contributed by atoms with E-state index in [1.807, 2.05) is 6.07 Å². The van der Waals surface area contributed by atoms with Crippen molar-refractivity contribution in [3.63, 3.8) is 0 Å². The molecule has 0 saturated heterocycles. The highest BCUT2D eigenvalue weighted by atomic mass is 16.3. The zero-order valence-corrected chi connectivity index (χ0v) is 7.42. The average Bonchev–Trinajstić information content (AvgIpc) is 2.67. The molecule has 14 heavy (non-hydrogen) atoms. The van der Waals surface area contributed by atoms with Gasteiger partial charge in [0.1, 0.15) is 11.6 Å². The maximum atomic E-state index is 5.50. The van der Waals surface area contributed by atoms with E-state index in [1.165, 1.54) is 0 Å². The zero-order valence-electron chi connectivity index (χ0n) is 7.42. The first-order chi connectivity index (χ1) is 6.84. The van der Waals surface area contributed by atoms with Crippen molar-refractivity contribution in [1.82, 2.24) is 4.98 Å². The summed E-state index contributed by atoms with van der Waals surface area (Å²) in [6.07, 6.45) is 3.19. The summed E-state index contributed by atoms with van der Waals surface area (Å²) in [7, 11) is 0. The molecule has 0 aliphatic heterocycles. The largest absolute Gasteiger partial charge is 0.463 e. The van der Waals surface area contributed by atoms with Gasteiger partial charge >= 0.3 is 0 Å². The average molecular weight is 187 g/mol. The van der Waals surface area contributed by atoms with Crippen LogP contribution in [-0.4, -0.2) is 11.2 Å². The van der Waals surface area contributed by atoms with Crippen molar-refractivity contribution in [2.75, 3.05) is 5.73 Å². The zero-order chi connectivity index (χ0) is 9.80. The Morgan fingerprint density at radius 1 is 1.29 bits per heavy atom.